The maximum Gasteiger partial charge on any atom is 0.144 e. The highest BCUT2D eigenvalue weighted by atomic mass is 15.0. The molecule has 19 heavy (non-hydrogen) atoms. The van der Waals surface area contributed by atoms with Crippen LogP contribution in [0.5, 0.6) is 0 Å². The standard InChI is InChI=1S/C13H14N6/c14-6-13-15-4-3-12(19-13)16-7-9-1-2-10-11(5-9)18-8-17-10/h1-5,8H,6-7,14H2,(H,17,18)(H,15,16,19). The van der Waals surface area contributed by atoms with Gasteiger partial charge in [0.2, 0.25) is 0 Å². The van der Waals surface area contributed by atoms with E-state index in [0.29, 0.717) is 18.9 Å². The van der Waals surface area contributed by atoms with Gasteiger partial charge in [0.1, 0.15) is 11.6 Å². The Kier molecular flexibility index (Phi) is 3.07. The second kappa shape index (κ2) is 5.03. The fraction of sp³-hybridized carbons (Fsp3) is 0.154. The third-order valence-electron chi connectivity index (χ3n) is 2.85. The third kappa shape index (κ3) is 2.53. The normalized spacial score (nSPS) is 10.8. The zero-order valence-electron chi connectivity index (χ0n) is 10.3. The quantitative estimate of drug-likeness (QED) is 0.655. The van der Waals surface area contributed by atoms with E-state index in [1.165, 1.54) is 0 Å². The van der Waals surface area contributed by atoms with E-state index in [2.05, 4.69) is 31.3 Å². The lowest BCUT2D eigenvalue weighted by Gasteiger charge is -2.06. The molecule has 0 aliphatic heterocycles. The Morgan fingerprint density at radius 1 is 1.21 bits per heavy atom. The van der Waals surface area contributed by atoms with Gasteiger partial charge in [-0.05, 0) is 23.8 Å². The van der Waals surface area contributed by atoms with Gasteiger partial charge in [-0.25, -0.2) is 15.0 Å². The fourth-order valence-electron chi connectivity index (χ4n) is 1.88. The Balaban J connectivity index is 1.74. The van der Waals surface area contributed by atoms with Crippen molar-refractivity contribution in [1.29, 1.82) is 0 Å². The molecule has 1 aromatic carbocycles. The Hall–Kier alpha value is -2.47. The van der Waals surface area contributed by atoms with E-state index in [-0.39, 0.29) is 0 Å². The molecular weight excluding hydrogens is 240 g/mol. The van der Waals surface area contributed by atoms with Gasteiger partial charge in [0.25, 0.3) is 0 Å². The molecule has 0 atom stereocenters. The summed E-state index contributed by atoms with van der Waals surface area (Å²) in [6.07, 6.45) is 3.40. The highest BCUT2D eigenvalue weighted by Crippen LogP contribution is 2.13. The summed E-state index contributed by atoms with van der Waals surface area (Å²) in [4.78, 5) is 15.6. The maximum absolute atomic E-state index is 5.51. The Bertz CT molecular complexity index is 690. The Morgan fingerprint density at radius 3 is 3.05 bits per heavy atom. The highest BCUT2D eigenvalue weighted by molar-refractivity contribution is 5.75. The van der Waals surface area contributed by atoms with Crippen molar-refractivity contribution >= 4 is 16.9 Å². The summed E-state index contributed by atoms with van der Waals surface area (Å²) in [5.74, 6) is 1.41. The van der Waals surface area contributed by atoms with Gasteiger partial charge in [-0.2, -0.15) is 0 Å². The van der Waals surface area contributed by atoms with Crippen molar-refractivity contribution in [3.8, 4) is 0 Å². The maximum atomic E-state index is 5.51. The van der Waals surface area contributed by atoms with Gasteiger partial charge in [0.05, 0.1) is 23.9 Å². The molecule has 0 aliphatic carbocycles. The lowest BCUT2D eigenvalue weighted by Crippen LogP contribution is -2.07. The van der Waals surface area contributed by atoms with Crippen LogP contribution in [-0.2, 0) is 13.1 Å². The number of anilines is 1. The first-order valence-corrected chi connectivity index (χ1v) is 6.03. The SMILES string of the molecule is NCc1nccc(NCc2ccc3nc[nH]c3c2)n1. The largest absolute Gasteiger partial charge is 0.366 e. The second-order valence-corrected chi connectivity index (χ2v) is 4.17. The molecule has 0 unspecified atom stereocenters. The number of hydrogen-bond donors (Lipinski definition) is 3. The summed E-state index contributed by atoms with van der Waals surface area (Å²) in [7, 11) is 0. The van der Waals surface area contributed by atoms with Gasteiger partial charge in [0, 0.05) is 12.7 Å². The molecule has 0 spiro atoms. The summed E-state index contributed by atoms with van der Waals surface area (Å²) >= 11 is 0. The number of aromatic nitrogens is 4. The van der Waals surface area contributed by atoms with E-state index in [4.69, 9.17) is 5.73 Å². The van der Waals surface area contributed by atoms with Crippen molar-refractivity contribution in [2.45, 2.75) is 13.1 Å². The average Bonchev–Trinajstić information content (AvgIpc) is 2.93. The number of nitrogens with one attached hydrogen (secondary N) is 2. The zero-order chi connectivity index (χ0) is 13.1. The molecule has 96 valence electrons. The van der Waals surface area contributed by atoms with Crippen molar-refractivity contribution in [2.75, 3.05) is 5.32 Å². The number of aromatic amines is 1. The predicted molar refractivity (Wildman–Crippen MR) is 73.3 cm³/mol. The number of fused-ring (bicyclic) bond motifs is 1. The summed E-state index contributed by atoms with van der Waals surface area (Å²) < 4.78 is 0. The monoisotopic (exact) mass is 254 g/mol. The van der Waals surface area contributed by atoms with Crippen LogP contribution in [0, 0.1) is 0 Å². The van der Waals surface area contributed by atoms with E-state index < -0.39 is 0 Å². The molecule has 0 fully saturated rings. The number of rotatable bonds is 4. The average molecular weight is 254 g/mol. The van der Waals surface area contributed by atoms with Crippen LogP contribution in [0.4, 0.5) is 5.82 Å². The van der Waals surface area contributed by atoms with Crippen LogP contribution in [0.1, 0.15) is 11.4 Å². The molecule has 0 bridgehead atoms. The summed E-state index contributed by atoms with van der Waals surface area (Å²) in [5, 5.41) is 3.25. The molecule has 2 aromatic heterocycles. The van der Waals surface area contributed by atoms with Crippen LogP contribution >= 0.6 is 0 Å². The molecule has 2 heterocycles. The molecule has 0 saturated heterocycles. The van der Waals surface area contributed by atoms with E-state index in [0.717, 1.165) is 22.4 Å². The third-order valence-corrected chi connectivity index (χ3v) is 2.85. The van der Waals surface area contributed by atoms with Crippen molar-refractivity contribution in [3.05, 3.63) is 48.2 Å². The molecule has 6 nitrogen and oxygen atoms in total. The minimum atomic E-state index is 0.343. The molecule has 6 heteroatoms. The van der Waals surface area contributed by atoms with Crippen LogP contribution < -0.4 is 11.1 Å². The van der Waals surface area contributed by atoms with Crippen molar-refractivity contribution in [3.63, 3.8) is 0 Å². The molecule has 0 saturated carbocycles. The molecule has 3 aromatic rings. The first-order chi connectivity index (χ1) is 9.35. The van der Waals surface area contributed by atoms with Crippen LogP contribution in [-0.4, -0.2) is 19.9 Å². The van der Waals surface area contributed by atoms with Crippen LogP contribution in [0.25, 0.3) is 11.0 Å². The number of nitrogens with zero attached hydrogens (tertiary/aromatic N) is 3. The molecular formula is C13H14N6. The number of nitrogens with two attached hydrogens (primary N) is 1. The summed E-state index contributed by atoms with van der Waals surface area (Å²) in [6.45, 7) is 1.03. The number of imidazole rings is 1. The number of hydrogen-bond acceptors (Lipinski definition) is 5. The van der Waals surface area contributed by atoms with Gasteiger partial charge in [-0.15, -0.1) is 0 Å². The van der Waals surface area contributed by atoms with Gasteiger partial charge >= 0.3 is 0 Å². The molecule has 3 rings (SSSR count). The highest BCUT2D eigenvalue weighted by Gasteiger charge is 2.00. The van der Waals surface area contributed by atoms with Crippen LogP contribution in [0.3, 0.4) is 0 Å². The van der Waals surface area contributed by atoms with Gasteiger partial charge in [0.15, 0.2) is 0 Å². The van der Waals surface area contributed by atoms with Crippen LogP contribution in [0.2, 0.25) is 0 Å². The zero-order valence-corrected chi connectivity index (χ0v) is 10.3. The van der Waals surface area contributed by atoms with Gasteiger partial charge in [-0.1, -0.05) is 6.07 Å². The van der Waals surface area contributed by atoms with Gasteiger partial charge in [-0.3, -0.25) is 0 Å². The van der Waals surface area contributed by atoms with Crippen LogP contribution in [0.15, 0.2) is 36.8 Å². The van der Waals surface area contributed by atoms with E-state index >= 15 is 0 Å². The van der Waals surface area contributed by atoms with Crippen molar-refractivity contribution < 1.29 is 0 Å². The molecule has 0 radical (unpaired) electrons. The lowest BCUT2D eigenvalue weighted by atomic mass is 10.2. The van der Waals surface area contributed by atoms with E-state index in [9.17, 15) is 0 Å². The van der Waals surface area contributed by atoms with E-state index in [1.54, 1.807) is 12.5 Å². The molecule has 4 N–H and O–H groups in total. The minimum Gasteiger partial charge on any atom is -0.366 e. The second-order valence-electron chi connectivity index (χ2n) is 4.17. The first kappa shape index (κ1) is 11.6. The van der Waals surface area contributed by atoms with Crippen molar-refractivity contribution in [2.24, 2.45) is 5.73 Å². The minimum absolute atomic E-state index is 0.343. The predicted octanol–water partition coefficient (Wildman–Crippen LogP) is 1.42. The Labute approximate surface area is 110 Å². The van der Waals surface area contributed by atoms with Crippen molar-refractivity contribution in [1.82, 2.24) is 19.9 Å². The summed E-state index contributed by atoms with van der Waals surface area (Å²) in [5.41, 5.74) is 8.67. The number of benzene rings is 1. The lowest BCUT2D eigenvalue weighted by molar-refractivity contribution is 0.904. The number of H-pyrrole nitrogens is 1. The topological polar surface area (TPSA) is 92.5 Å². The Morgan fingerprint density at radius 2 is 2.16 bits per heavy atom. The van der Waals surface area contributed by atoms with E-state index in [1.807, 2.05) is 18.2 Å². The molecule has 0 aliphatic rings. The van der Waals surface area contributed by atoms with Gasteiger partial charge < -0.3 is 16.0 Å². The first-order valence-electron chi connectivity index (χ1n) is 6.03. The molecule has 0 amide bonds. The summed E-state index contributed by atoms with van der Waals surface area (Å²) in [6, 6.07) is 7.93. The smallest absolute Gasteiger partial charge is 0.144 e. The fourth-order valence-corrected chi connectivity index (χ4v) is 1.88.